The number of aromatic nitrogens is 2. The molecular weight excluding hydrogens is 330 g/mol. The summed E-state index contributed by atoms with van der Waals surface area (Å²) < 4.78 is 8.28. The summed E-state index contributed by atoms with van der Waals surface area (Å²) in [5.41, 5.74) is 1.09. The molecule has 1 amide bonds. The smallest absolute Gasteiger partial charge is 0.251 e. The normalized spacial score (nSPS) is 17.1. The Morgan fingerprint density at radius 2 is 2.13 bits per heavy atom. The zero-order chi connectivity index (χ0) is 15.9. The molecule has 1 aromatic carbocycles. The van der Waals surface area contributed by atoms with Crippen LogP contribution in [0, 0.1) is 5.92 Å². The molecule has 118 valence electrons. The van der Waals surface area contributed by atoms with Crippen LogP contribution in [0.5, 0.6) is 0 Å². The van der Waals surface area contributed by atoms with Crippen LogP contribution in [0.4, 0.5) is 0 Å². The van der Waals surface area contributed by atoms with Crippen molar-refractivity contribution in [3.05, 3.63) is 46.2 Å². The second kappa shape index (κ2) is 5.67. The molecule has 1 unspecified atom stereocenters. The number of carbonyl (C=O) groups is 1. The Bertz CT molecular complexity index is 842. The van der Waals surface area contributed by atoms with Gasteiger partial charge in [-0.05, 0) is 48.4 Å². The lowest BCUT2D eigenvalue weighted by Crippen LogP contribution is -2.42. The molecule has 5 nitrogen and oxygen atoms in total. The van der Waals surface area contributed by atoms with E-state index in [0.29, 0.717) is 5.56 Å². The lowest BCUT2D eigenvalue weighted by molar-refractivity contribution is 0.0169. The van der Waals surface area contributed by atoms with Crippen molar-refractivity contribution < 1.29 is 9.90 Å². The SMILES string of the molecule is O=C(NCC(O)(c1cccs1)C1CC1)c1ccc2nsnc2c1. The molecule has 2 aromatic heterocycles. The minimum atomic E-state index is -0.962. The molecule has 1 aliphatic rings. The third kappa shape index (κ3) is 2.75. The zero-order valence-electron chi connectivity index (χ0n) is 12.2. The molecule has 0 bridgehead atoms. The second-order valence-electron chi connectivity index (χ2n) is 5.83. The fraction of sp³-hybridized carbons (Fsp3) is 0.312. The predicted octanol–water partition coefficient (Wildman–Crippen LogP) is 2.78. The van der Waals surface area contributed by atoms with Gasteiger partial charge < -0.3 is 10.4 Å². The van der Waals surface area contributed by atoms with Gasteiger partial charge in [0.1, 0.15) is 16.6 Å². The minimum Gasteiger partial charge on any atom is -0.382 e. The molecule has 0 aliphatic heterocycles. The number of thiophene rings is 1. The first kappa shape index (κ1) is 14.7. The number of hydrogen-bond donors (Lipinski definition) is 2. The summed E-state index contributed by atoms with van der Waals surface area (Å²) in [7, 11) is 0. The van der Waals surface area contributed by atoms with Gasteiger partial charge >= 0.3 is 0 Å². The number of amides is 1. The van der Waals surface area contributed by atoms with Crippen molar-refractivity contribution in [2.24, 2.45) is 5.92 Å². The van der Waals surface area contributed by atoms with Crippen LogP contribution in [0.25, 0.3) is 11.0 Å². The highest BCUT2D eigenvalue weighted by atomic mass is 32.1. The van der Waals surface area contributed by atoms with Crippen LogP contribution in [0.2, 0.25) is 0 Å². The monoisotopic (exact) mass is 345 g/mol. The van der Waals surface area contributed by atoms with Gasteiger partial charge in [-0.25, -0.2) is 0 Å². The van der Waals surface area contributed by atoms with Crippen molar-refractivity contribution in [3.63, 3.8) is 0 Å². The number of fused-ring (bicyclic) bond motifs is 1. The van der Waals surface area contributed by atoms with Crippen molar-refractivity contribution >= 4 is 40.0 Å². The Labute approximate surface area is 141 Å². The first-order chi connectivity index (χ1) is 11.2. The number of carbonyl (C=O) groups excluding carboxylic acids is 1. The Kier molecular flexibility index (Phi) is 3.63. The largest absolute Gasteiger partial charge is 0.382 e. The molecule has 0 radical (unpaired) electrons. The maximum absolute atomic E-state index is 12.4. The van der Waals surface area contributed by atoms with E-state index in [-0.39, 0.29) is 18.4 Å². The van der Waals surface area contributed by atoms with Gasteiger partial charge in [0.2, 0.25) is 0 Å². The van der Waals surface area contributed by atoms with E-state index < -0.39 is 5.60 Å². The number of rotatable bonds is 5. The third-order valence-electron chi connectivity index (χ3n) is 4.23. The molecule has 1 saturated carbocycles. The van der Waals surface area contributed by atoms with E-state index in [1.165, 1.54) is 11.3 Å². The highest BCUT2D eigenvalue weighted by Gasteiger charge is 2.45. The first-order valence-electron chi connectivity index (χ1n) is 7.44. The first-order valence-corrected chi connectivity index (χ1v) is 9.05. The number of aliphatic hydroxyl groups is 1. The second-order valence-corrected chi connectivity index (χ2v) is 7.30. The molecule has 23 heavy (non-hydrogen) atoms. The van der Waals surface area contributed by atoms with Crippen LogP contribution in [-0.4, -0.2) is 26.3 Å². The van der Waals surface area contributed by atoms with Crippen molar-refractivity contribution in [2.45, 2.75) is 18.4 Å². The molecule has 1 atom stereocenters. The summed E-state index contributed by atoms with van der Waals surface area (Å²) in [6.07, 6.45) is 2.00. The third-order valence-corrected chi connectivity index (χ3v) is 5.83. The van der Waals surface area contributed by atoms with Gasteiger partial charge in [0, 0.05) is 10.4 Å². The van der Waals surface area contributed by atoms with Gasteiger partial charge in [-0.1, -0.05) is 6.07 Å². The van der Waals surface area contributed by atoms with Gasteiger partial charge in [-0.2, -0.15) is 8.75 Å². The summed E-state index contributed by atoms with van der Waals surface area (Å²) in [6, 6.07) is 9.12. The van der Waals surface area contributed by atoms with Crippen LogP contribution >= 0.6 is 23.1 Å². The van der Waals surface area contributed by atoms with Crippen molar-refractivity contribution in [1.82, 2.24) is 14.1 Å². The van der Waals surface area contributed by atoms with E-state index in [9.17, 15) is 9.90 Å². The maximum Gasteiger partial charge on any atom is 0.251 e. The predicted molar refractivity (Wildman–Crippen MR) is 90.7 cm³/mol. The highest BCUT2D eigenvalue weighted by Crippen LogP contribution is 2.46. The van der Waals surface area contributed by atoms with Crippen LogP contribution in [0.15, 0.2) is 35.7 Å². The summed E-state index contributed by atoms with van der Waals surface area (Å²) >= 11 is 2.66. The lowest BCUT2D eigenvalue weighted by atomic mass is 9.95. The maximum atomic E-state index is 12.4. The minimum absolute atomic E-state index is 0.199. The summed E-state index contributed by atoms with van der Waals surface area (Å²) in [4.78, 5) is 13.3. The molecule has 2 N–H and O–H groups in total. The highest BCUT2D eigenvalue weighted by molar-refractivity contribution is 7.10. The van der Waals surface area contributed by atoms with Crippen molar-refractivity contribution in [2.75, 3.05) is 6.54 Å². The van der Waals surface area contributed by atoms with E-state index >= 15 is 0 Å². The van der Waals surface area contributed by atoms with Crippen molar-refractivity contribution in [3.8, 4) is 0 Å². The quantitative estimate of drug-likeness (QED) is 0.746. The van der Waals surface area contributed by atoms with Gasteiger partial charge in [0.05, 0.1) is 18.3 Å². The molecular formula is C16H15N3O2S2. The fourth-order valence-corrected chi connectivity index (χ4v) is 4.18. The van der Waals surface area contributed by atoms with Gasteiger partial charge in [-0.15, -0.1) is 11.3 Å². The van der Waals surface area contributed by atoms with Crippen molar-refractivity contribution in [1.29, 1.82) is 0 Å². The standard InChI is InChI=1S/C16H15N3O2S2/c20-15(10-3-6-12-13(8-10)19-23-18-12)17-9-16(21,11-4-5-11)14-2-1-7-22-14/h1-3,6-8,11,21H,4-5,9H2,(H,17,20). The average molecular weight is 345 g/mol. The van der Waals surface area contributed by atoms with Crippen LogP contribution in [0.3, 0.4) is 0 Å². The van der Waals surface area contributed by atoms with Gasteiger partial charge in [-0.3, -0.25) is 4.79 Å². The molecule has 1 fully saturated rings. The molecule has 0 saturated heterocycles. The van der Waals surface area contributed by atoms with E-state index in [1.54, 1.807) is 18.2 Å². The Morgan fingerprint density at radius 3 is 2.87 bits per heavy atom. The van der Waals surface area contributed by atoms with E-state index in [4.69, 9.17) is 0 Å². The molecule has 1 aliphatic carbocycles. The van der Waals surface area contributed by atoms with Gasteiger partial charge in [0.15, 0.2) is 0 Å². The summed E-state index contributed by atoms with van der Waals surface area (Å²) in [5, 5.41) is 15.9. The molecule has 4 rings (SSSR count). The topological polar surface area (TPSA) is 75.1 Å². The van der Waals surface area contributed by atoms with Crippen LogP contribution < -0.4 is 5.32 Å². The Hall–Kier alpha value is -1.83. The molecule has 0 spiro atoms. The molecule has 3 aromatic rings. The number of benzene rings is 1. The molecule has 7 heteroatoms. The van der Waals surface area contributed by atoms with Crippen LogP contribution in [-0.2, 0) is 5.60 Å². The molecule has 2 heterocycles. The average Bonchev–Trinajstić information content (AvgIpc) is 3.10. The fourth-order valence-electron chi connectivity index (χ4n) is 2.76. The summed E-state index contributed by atoms with van der Waals surface area (Å²) in [6.45, 7) is 0.227. The Morgan fingerprint density at radius 1 is 1.30 bits per heavy atom. The summed E-state index contributed by atoms with van der Waals surface area (Å²) in [5.74, 6) is 0.0298. The number of nitrogens with one attached hydrogen (secondary N) is 1. The Balaban J connectivity index is 1.51. The van der Waals surface area contributed by atoms with Crippen LogP contribution in [0.1, 0.15) is 28.1 Å². The number of nitrogens with zero attached hydrogens (tertiary/aromatic N) is 2. The van der Waals surface area contributed by atoms with E-state index in [2.05, 4.69) is 14.1 Å². The number of hydrogen-bond acceptors (Lipinski definition) is 6. The van der Waals surface area contributed by atoms with E-state index in [0.717, 1.165) is 40.5 Å². The lowest BCUT2D eigenvalue weighted by Gasteiger charge is -2.27. The zero-order valence-corrected chi connectivity index (χ0v) is 13.9. The van der Waals surface area contributed by atoms with E-state index in [1.807, 2.05) is 17.5 Å². The van der Waals surface area contributed by atoms with Gasteiger partial charge in [0.25, 0.3) is 5.91 Å².